The molecule has 0 radical (unpaired) electrons. The van der Waals surface area contributed by atoms with Crippen molar-refractivity contribution in [3.63, 3.8) is 0 Å². The normalized spacial score (nSPS) is 11.1. The Bertz CT molecular complexity index is 1240. The fourth-order valence-corrected chi connectivity index (χ4v) is 3.74. The third-order valence-corrected chi connectivity index (χ3v) is 5.58. The fourth-order valence-electron chi connectivity index (χ4n) is 3.38. The molecule has 5 nitrogen and oxygen atoms in total. The molecule has 0 fully saturated rings. The minimum absolute atomic E-state index is 0.222. The van der Waals surface area contributed by atoms with Gasteiger partial charge in [0, 0.05) is 15.4 Å². The van der Waals surface area contributed by atoms with Crippen LogP contribution in [0.2, 0.25) is 0 Å². The lowest BCUT2D eigenvalue weighted by Gasteiger charge is -2.11. The quantitative estimate of drug-likeness (QED) is 0.462. The number of aryl methyl sites for hydroxylation is 1. The van der Waals surface area contributed by atoms with Crippen LogP contribution in [0.15, 0.2) is 53.1 Å². The van der Waals surface area contributed by atoms with E-state index < -0.39 is 5.97 Å². The lowest BCUT2D eigenvalue weighted by Crippen LogP contribution is -2.03. The molecule has 140 valence electrons. The first-order valence-electron chi connectivity index (χ1n) is 8.82. The fraction of sp³-hybridized carbons (Fsp3) is 0.136. The van der Waals surface area contributed by atoms with Crippen LogP contribution in [0, 0.1) is 20.8 Å². The molecular weight excluding hydrogens is 418 g/mol. The van der Waals surface area contributed by atoms with E-state index in [9.17, 15) is 9.90 Å². The van der Waals surface area contributed by atoms with Crippen LogP contribution in [-0.4, -0.2) is 25.8 Å². The van der Waals surface area contributed by atoms with Crippen molar-refractivity contribution < 1.29 is 9.90 Å². The smallest absolute Gasteiger partial charge is 0.336 e. The summed E-state index contributed by atoms with van der Waals surface area (Å²) in [6.07, 6.45) is 1.75. The highest BCUT2D eigenvalue weighted by atomic mass is 79.9. The lowest BCUT2D eigenvalue weighted by molar-refractivity contribution is 0.0699. The van der Waals surface area contributed by atoms with Crippen molar-refractivity contribution in [1.29, 1.82) is 0 Å². The Morgan fingerprint density at radius 1 is 1.11 bits per heavy atom. The molecule has 0 atom stereocenters. The largest absolute Gasteiger partial charge is 0.478 e. The number of halogens is 1. The molecule has 0 saturated carbocycles. The molecule has 0 saturated heterocycles. The summed E-state index contributed by atoms with van der Waals surface area (Å²) in [5.41, 5.74) is 6.53. The molecule has 4 rings (SSSR count). The molecule has 0 aliphatic rings. The molecule has 2 aromatic heterocycles. The summed E-state index contributed by atoms with van der Waals surface area (Å²) >= 11 is 3.40. The van der Waals surface area contributed by atoms with E-state index in [0.717, 1.165) is 27.0 Å². The van der Waals surface area contributed by atoms with Gasteiger partial charge in [-0.2, -0.15) is 5.10 Å². The maximum Gasteiger partial charge on any atom is 0.336 e. The first kappa shape index (κ1) is 18.4. The van der Waals surface area contributed by atoms with Crippen LogP contribution in [-0.2, 0) is 0 Å². The van der Waals surface area contributed by atoms with Crippen molar-refractivity contribution in [3.8, 4) is 16.9 Å². The molecule has 0 amide bonds. The van der Waals surface area contributed by atoms with Crippen molar-refractivity contribution in [3.05, 3.63) is 75.5 Å². The van der Waals surface area contributed by atoms with Gasteiger partial charge in [-0.3, -0.25) is 0 Å². The molecule has 0 aliphatic carbocycles. The number of fused-ring (bicyclic) bond motifs is 1. The second-order valence-corrected chi connectivity index (χ2v) is 7.71. The summed E-state index contributed by atoms with van der Waals surface area (Å²) < 4.78 is 2.70. The van der Waals surface area contributed by atoms with Gasteiger partial charge in [-0.25, -0.2) is 14.5 Å². The highest BCUT2D eigenvalue weighted by Gasteiger charge is 2.17. The van der Waals surface area contributed by atoms with Crippen molar-refractivity contribution in [2.24, 2.45) is 0 Å². The molecule has 2 aromatic carbocycles. The van der Waals surface area contributed by atoms with E-state index in [4.69, 9.17) is 4.98 Å². The van der Waals surface area contributed by atoms with Crippen LogP contribution in [0.4, 0.5) is 0 Å². The first-order chi connectivity index (χ1) is 13.4. The van der Waals surface area contributed by atoms with Crippen LogP contribution < -0.4 is 0 Å². The topological polar surface area (TPSA) is 68.0 Å². The van der Waals surface area contributed by atoms with E-state index in [1.54, 1.807) is 18.3 Å². The molecular formula is C22H18BrN3O2. The van der Waals surface area contributed by atoms with Crippen molar-refractivity contribution in [2.45, 2.75) is 20.8 Å². The zero-order valence-electron chi connectivity index (χ0n) is 15.7. The predicted molar refractivity (Wildman–Crippen MR) is 113 cm³/mol. The van der Waals surface area contributed by atoms with Crippen LogP contribution in [0.3, 0.4) is 0 Å². The number of carboxylic acids is 1. The van der Waals surface area contributed by atoms with Gasteiger partial charge < -0.3 is 5.11 Å². The number of aromatic carboxylic acids is 1. The van der Waals surface area contributed by atoms with Crippen LogP contribution in [0.25, 0.3) is 27.8 Å². The number of carbonyl (C=O) groups is 1. The molecule has 1 N–H and O–H groups in total. The third-order valence-electron chi connectivity index (χ3n) is 5.09. The Morgan fingerprint density at radius 2 is 1.89 bits per heavy atom. The molecule has 0 spiro atoms. The van der Waals surface area contributed by atoms with Gasteiger partial charge in [-0.15, -0.1) is 0 Å². The highest BCUT2D eigenvalue weighted by molar-refractivity contribution is 9.10. The number of carboxylic acid groups (broad SMARTS) is 1. The van der Waals surface area contributed by atoms with E-state index in [2.05, 4.69) is 40.9 Å². The second kappa shape index (κ2) is 6.87. The summed E-state index contributed by atoms with van der Waals surface area (Å²) in [6.45, 7) is 6.11. The van der Waals surface area contributed by atoms with Crippen molar-refractivity contribution in [1.82, 2.24) is 14.8 Å². The summed E-state index contributed by atoms with van der Waals surface area (Å²) in [5, 5.41) is 14.9. The molecule has 28 heavy (non-hydrogen) atoms. The first-order valence-corrected chi connectivity index (χ1v) is 9.61. The van der Waals surface area contributed by atoms with Gasteiger partial charge in [-0.05, 0) is 62.2 Å². The van der Waals surface area contributed by atoms with Gasteiger partial charge >= 0.3 is 5.97 Å². The summed E-state index contributed by atoms with van der Waals surface area (Å²) in [5.74, 6) is -0.980. The average Bonchev–Trinajstić information content (AvgIpc) is 3.04. The van der Waals surface area contributed by atoms with Crippen molar-refractivity contribution in [2.75, 3.05) is 0 Å². The monoisotopic (exact) mass is 435 g/mol. The maximum absolute atomic E-state index is 11.8. The number of hydrogen-bond acceptors (Lipinski definition) is 3. The average molecular weight is 436 g/mol. The SMILES string of the molecule is Cc1cccc(-n2ncc(-c3cc(C(=O)O)c4cc(Br)ccc4n3)c2C)c1C. The Morgan fingerprint density at radius 3 is 2.64 bits per heavy atom. The van der Waals surface area contributed by atoms with Gasteiger partial charge in [0.15, 0.2) is 0 Å². The second-order valence-electron chi connectivity index (χ2n) is 6.80. The number of aromatic nitrogens is 3. The summed E-state index contributed by atoms with van der Waals surface area (Å²) in [7, 11) is 0. The number of rotatable bonds is 3. The van der Waals surface area contributed by atoms with E-state index in [1.165, 1.54) is 5.56 Å². The molecule has 2 heterocycles. The zero-order chi connectivity index (χ0) is 20.0. The maximum atomic E-state index is 11.8. The highest BCUT2D eigenvalue weighted by Crippen LogP contribution is 2.30. The Kier molecular flexibility index (Phi) is 4.51. The molecule has 6 heteroatoms. The molecule has 4 aromatic rings. The van der Waals surface area contributed by atoms with E-state index in [1.807, 2.05) is 35.9 Å². The van der Waals surface area contributed by atoms with Gasteiger partial charge in [0.25, 0.3) is 0 Å². The summed E-state index contributed by atoms with van der Waals surface area (Å²) in [6, 6.07) is 13.2. The predicted octanol–water partition coefficient (Wildman–Crippen LogP) is 5.47. The molecule has 0 bridgehead atoms. The third kappa shape index (κ3) is 2.99. The minimum atomic E-state index is -0.980. The number of nitrogens with zero attached hydrogens (tertiary/aromatic N) is 3. The van der Waals surface area contributed by atoms with Crippen LogP contribution in [0.5, 0.6) is 0 Å². The number of benzene rings is 2. The Labute approximate surface area is 170 Å². The van der Waals surface area contributed by atoms with Gasteiger partial charge in [0.05, 0.1) is 34.4 Å². The minimum Gasteiger partial charge on any atom is -0.478 e. The molecule has 0 unspecified atom stereocenters. The standard InChI is InChI=1S/C22H18BrN3O2/c1-12-5-4-6-21(13(12)2)26-14(3)18(11-24-26)20-10-17(22(27)28)16-9-15(23)7-8-19(16)25-20/h4-11H,1-3H3,(H,27,28). The Hall–Kier alpha value is -2.99. The van der Waals surface area contributed by atoms with Crippen molar-refractivity contribution >= 4 is 32.8 Å². The van der Waals surface area contributed by atoms with Crippen LogP contribution >= 0.6 is 15.9 Å². The lowest BCUT2D eigenvalue weighted by atomic mass is 10.0. The molecule has 0 aliphatic heterocycles. The van der Waals surface area contributed by atoms with Gasteiger partial charge in [0.1, 0.15) is 0 Å². The summed E-state index contributed by atoms with van der Waals surface area (Å²) in [4.78, 5) is 16.5. The zero-order valence-corrected chi connectivity index (χ0v) is 17.3. The van der Waals surface area contributed by atoms with Crippen LogP contribution in [0.1, 0.15) is 27.2 Å². The number of pyridine rings is 1. The van der Waals surface area contributed by atoms with E-state index in [0.29, 0.717) is 16.6 Å². The number of hydrogen-bond donors (Lipinski definition) is 1. The van der Waals surface area contributed by atoms with Gasteiger partial charge in [0.2, 0.25) is 0 Å². The van der Waals surface area contributed by atoms with E-state index >= 15 is 0 Å². The van der Waals surface area contributed by atoms with E-state index in [-0.39, 0.29) is 5.56 Å². The van der Waals surface area contributed by atoms with Gasteiger partial charge in [-0.1, -0.05) is 28.1 Å². The Balaban J connectivity index is 1.92.